The van der Waals surface area contributed by atoms with Crippen molar-refractivity contribution in [3.63, 3.8) is 0 Å². The number of hydrogen-bond acceptors (Lipinski definition) is 7. The number of thiocarbonyl (C=S) groups is 1. The molecule has 1 N–H and O–H groups in total. The summed E-state index contributed by atoms with van der Waals surface area (Å²) in [5, 5.41) is 3.27. The highest BCUT2D eigenvalue weighted by Gasteiger charge is 2.13. The molecule has 0 bridgehead atoms. The molecule has 2 heterocycles. The highest BCUT2D eigenvalue weighted by Crippen LogP contribution is 2.24. The van der Waals surface area contributed by atoms with Gasteiger partial charge in [0.2, 0.25) is 0 Å². The van der Waals surface area contributed by atoms with Gasteiger partial charge in [-0.15, -0.1) is 0 Å². The number of hydrogen-bond donors (Lipinski definition) is 1. The minimum absolute atomic E-state index is 1.15. The lowest BCUT2D eigenvalue weighted by atomic mass is 10.4. The Morgan fingerprint density at radius 1 is 0.944 bits per heavy atom. The monoisotopic (exact) mass is 308 g/mol. The summed E-state index contributed by atoms with van der Waals surface area (Å²) in [5.74, 6) is 0. The van der Waals surface area contributed by atoms with Crippen LogP contribution in [0.25, 0.3) is 0 Å². The summed E-state index contributed by atoms with van der Waals surface area (Å²) < 4.78 is 4.07. The predicted molar refractivity (Wildman–Crippen MR) is 88.3 cm³/mol. The highest BCUT2D eigenvalue weighted by molar-refractivity contribution is 8.82. The molecule has 0 aromatic carbocycles. The maximum Gasteiger partial charge on any atom is 0.0464 e. The Morgan fingerprint density at radius 2 is 1.50 bits per heavy atom. The fourth-order valence-electron chi connectivity index (χ4n) is 1.72. The molecule has 0 spiro atoms. The van der Waals surface area contributed by atoms with E-state index in [9.17, 15) is 0 Å². The van der Waals surface area contributed by atoms with Crippen LogP contribution in [-0.4, -0.2) is 85.3 Å². The van der Waals surface area contributed by atoms with Crippen molar-refractivity contribution in [1.29, 1.82) is 0 Å². The molecule has 2 saturated heterocycles. The largest absolute Gasteiger partial charge is 0.314 e. The van der Waals surface area contributed by atoms with Crippen LogP contribution in [0.4, 0.5) is 0 Å². The van der Waals surface area contributed by atoms with E-state index >= 15 is 0 Å². The third-order valence-corrected chi connectivity index (χ3v) is 5.56. The number of piperazine rings is 2. The first-order chi connectivity index (χ1) is 8.72. The average Bonchev–Trinajstić information content (AvgIpc) is 2.40. The Kier molecular flexibility index (Phi) is 9.66. The fraction of sp³-hybridized carbons (Fsp3) is 0.909. The van der Waals surface area contributed by atoms with Gasteiger partial charge >= 0.3 is 0 Å². The summed E-state index contributed by atoms with van der Waals surface area (Å²) in [6.45, 7) is 9.39. The van der Waals surface area contributed by atoms with Crippen LogP contribution in [0.15, 0.2) is 0 Å². The summed E-state index contributed by atoms with van der Waals surface area (Å²) in [6.07, 6.45) is 0. The Balaban J connectivity index is 0.000000199. The Hall–Kier alpha value is 0.630. The molecule has 0 aromatic heterocycles. The fourth-order valence-corrected chi connectivity index (χ4v) is 3.42. The van der Waals surface area contributed by atoms with Crippen molar-refractivity contribution >= 4 is 38.7 Å². The summed E-state index contributed by atoms with van der Waals surface area (Å²) in [4.78, 5) is 4.68. The lowest BCUT2D eigenvalue weighted by molar-refractivity contribution is 0.235. The molecule has 0 aliphatic carbocycles. The van der Waals surface area contributed by atoms with E-state index in [1.54, 1.807) is 26.5 Å². The van der Waals surface area contributed by atoms with E-state index in [1.165, 1.54) is 26.2 Å². The van der Waals surface area contributed by atoms with Gasteiger partial charge in [-0.2, -0.15) is 0 Å². The van der Waals surface area contributed by atoms with E-state index in [0.29, 0.717) is 0 Å². The lowest BCUT2D eigenvalue weighted by Crippen LogP contribution is -2.40. The first kappa shape index (κ1) is 16.7. The van der Waals surface area contributed by atoms with Gasteiger partial charge in [0.25, 0.3) is 0 Å². The molecule has 18 heavy (non-hydrogen) atoms. The molecule has 4 nitrogen and oxygen atoms in total. The molecule has 106 valence electrons. The second-order valence-corrected chi connectivity index (χ2v) is 7.20. The van der Waals surface area contributed by atoms with Gasteiger partial charge in [-0.3, -0.25) is 0 Å². The standard InChI is InChI=1S/C6H12N2S3.C5H12N2/c1-7-2-4-8(5-3-7)11-10-6-9;1-7-4-2-6-3-5-7/h6H,2-5H2,1H3;6H,2-5H2,1H3. The molecule has 0 aromatic rings. The molecular weight excluding hydrogens is 284 g/mol. The number of rotatable bonds is 3. The van der Waals surface area contributed by atoms with Crippen molar-refractivity contribution in [2.24, 2.45) is 0 Å². The van der Waals surface area contributed by atoms with Gasteiger partial charge in [0, 0.05) is 57.1 Å². The summed E-state index contributed by atoms with van der Waals surface area (Å²) in [7, 11) is 7.71. The Morgan fingerprint density at radius 3 is 1.94 bits per heavy atom. The SMILES string of the molecule is CN1CCN(SSC=S)CC1.CN1CCNCC1. The summed E-state index contributed by atoms with van der Waals surface area (Å²) in [5.41, 5.74) is 0. The molecule has 2 aliphatic rings. The van der Waals surface area contributed by atoms with E-state index in [1.807, 2.05) is 0 Å². The van der Waals surface area contributed by atoms with Crippen molar-refractivity contribution in [3.8, 4) is 0 Å². The maximum atomic E-state index is 4.72. The zero-order valence-electron chi connectivity index (χ0n) is 11.3. The van der Waals surface area contributed by atoms with Crippen molar-refractivity contribution in [3.05, 3.63) is 0 Å². The van der Waals surface area contributed by atoms with Crippen LogP contribution in [-0.2, 0) is 0 Å². The van der Waals surface area contributed by atoms with E-state index in [2.05, 4.69) is 33.5 Å². The molecular formula is C11H24N4S3. The Bertz CT molecular complexity index is 216. The predicted octanol–water partition coefficient (Wildman–Crippen LogP) is 1.01. The molecule has 0 amide bonds. The van der Waals surface area contributed by atoms with Gasteiger partial charge in [0.15, 0.2) is 0 Å². The van der Waals surface area contributed by atoms with E-state index in [-0.39, 0.29) is 0 Å². The van der Waals surface area contributed by atoms with Crippen LogP contribution < -0.4 is 5.32 Å². The minimum Gasteiger partial charge on any atom is -0.314 e. The normalized spacial score (nSPS) is 23.2. The maximum absolute atomic E-state index is 4.72. The molecule has 2 fully saturated rings. The average molecular weight is 309 g/mol. The molecule has 2 rings (SSSR count). The second kappa shape index (κ2) is 10.4. The first-order valence-corrected chi connectivity index (χ1v) is 8.96. The number of likely N-dealkylation sites (N-methyl/N-ethyl adjacent to an activating group) is 2. The molecule has 2 aliphatic heterocycles. The number of nitrogens with one attached hydrogen (secondary N) is 1. The molecule has 0 saturated carbocycles. The summed E-state index contributed by atoms with van der Waals surface area (Å²) >= 11 is 4.72. The van der Waals surface area contributed by atoms with Crippen LogP contribution in [0.3, 0.4) is 0 Å². The van der Waals surface area contributed by atoms with Crippen LogP contribution >= 0.6 is 34.0 Å². The third-order valence-electron chi connectivity index (χ3n) is 2.99. The Labute approximate surface area is 124 Å². The third kappa shape index (κ3) is 7.93. The van der Waals surface area contributed by atoms with Gasteiger partial charge in [-0.25, -0.2) is 4.31 Å². The van der Waals surface area contributed by atoms with Crippen molar-refractivity contribution < 1.29 is 0 Å². The molecule has 0 atom stereocenters. The van der Waals surface area contributed by atoms with Crippen molar-refractivity contribution in [2.45, 2.75) is 0 Å². The van der Waals surface area contributed by atoms with Crippen molar-refractivity contribution in [2.75, 3.05) is 66.5 Å². The van der Waals surface area contributed by atoms with Gasteiger partial charge in [0.05, 0.1) is 0 Å². The summed E-state index contributed by atoms with van der Waals surface area (Å²) in [6, 6.07) is 0. The van der Waals surface area contributed by atoms with Crippen LogP contribution in [0, 0.1) is 0 Å². The van der Waals surface area contributed by atoms with Crippen LogP contribution in [0.5, 0.6) is 0 Å². The zero-order valence-corrected chi connectivity index (χ0v) is 13.8. The zero-order chi connectivity index (χ0) is 13.2. The topological polar surface area (TPSA) is 21.8 Å². The molecule has 7 heteroatoms. The van der Waals surface area contributed by atoms with Crippen LogP contribution in [0.2, 0.25) is 0 Å². The number of nitrogens with zero attached hydrogens (tertiary/aromatic N) is 3. The lowest BCUT2D eigenvalue weighted by Gasteiger charge is -2.30. The van der Waals surface area contributed by atoms with E-state index in [0.717, 1.165) is 26.2 Å². The van der Waals surface area contributed by atoms with E-state index in [4.69, 9.17) is 12.2 Å². The highest BCUT2D eigenvalue weighted by atomic mass is 33.1. The smallest absolute Gasteiger partial charge is 0.0464 e. The second-order valence-electron chi connectivity index (χ2n) is 4.55. The van der Waals surface area contributed by atoms with Gasteiger partial charge in [0.1, 0.15) is 0 Å². The first-order valence-electron chi connectivity index (χ1n) is 6.32. The van der Waals surface area contributed by atoms with Gasteiger partial charge in [-0.05, 0) is 35.9 Å². The minimum atomic E-state index is 1.15. The van der Waals surface area contributed by atoms with Gasteiger partial charge < -0.3 is 15.1 Å². The molecule has 0 unspecified atom stereocenters. The quantitative estimate of drug-likeness (QED) is 0.471. The van der Waals surface area contributed by atoms with Crippen molar-refractivity contribution in [1.82, 2.24) is 19.4 Å². The molecule has 0 radical (unpaired) electrons. The van der Waals surface area contributed by atoms with E-state index < -0.39 is 0 Å². The van der Waals surface area contributed by atoms with Gasteiger partial charge in [-0.1, -0.05) is 12.2 Å². The van der Waals surface area contributed by atoms with Crippen LogP contribution in [0.1, 0.15) is 0 Å².